The summed E-state index contributed by atoms with van der Waals surface area (Å²) in [6.45, 7) is 0. The third-order valence-corrected chi connectivity index (χ3v) is 6.59. The summed E-state index contributed by atoms with van der Waals surface area (Å²) in [6.07, 6.45) is 1.23. The molecule has 2 aromatic carbocycles. The van der Waals surface area contributed by atoms with Gasteiger partial charge in [-0.05, 0) is 46.3 Å². The van der Waals surface area contributed by atoms with Gasteiger partial charge in [-0.1, -0.05) is 12.1 Å². The fourth-order valence-corrected chi connectivity index (χ4v) is 4.45. The first-order valence-corrected chi connectivity index (χ1v) is 10.2. The summed E-state index contributed by atoms with van der Waals surface area (Å²) in [5.74, 6) is 4.65. The molecular formula is C18H16BrN3O5S. The Morgan fingerprint density at radius 1 is 1.18 bits per heavy atom. The van der Waals surface area contributed by atoms with Crippen molar-refractivity contribution in [1.82, 2.24) is 4.98 Å². The van der Waals surface area contributed by atoms with Gasteiger partial charge in [-0.2, -0.15) is 5.90 Å². The van der Waals surface area contributed by atoms with Gasteiger partial charge in [0.05, 0.1) is 23.2 Å². The minimum absolute atomic E-state index is 0.0304. The number of benzene rings is 2. The molecular weight excluding hydrogens is 450 g/mol. The average molecular weight is 466 g/mol. The highest BCUT2D eigenvalue weighted by Gasteiger charge is 2.28. The van der Waals surface area contributed by atoms with Gasteiger partial charge in [-0.15, -0.1) is 0 Å². The molecule has 146 valence electrons. The predicted octanol–water partition coefficient (Wildman–Crippen LogP) is 2.86. The summed E-state index contributed by atoms with van der Waals surface area (Å²) in [7, 11) is -1.16. The zero-order valence-electron chi connectivity index (χ0n) is 14.9. The number of sulfonamides is 1. The number of halogens is 1. The van der Waals surface area contributed by atoms with Crippen molar-refractivity contribution in [2.24, 2.45) is 5.90 Å². The SMILES string of the molecule is COc1ccc(S(=O)(=O)N(C)c2c(C(=O)ON)cnc3c(Br)cccc23)cc1. The van der Waals surface area contributed by atoms with E-state index in [1.165, 1.54) is 44.6 Å². The van der Waals surface area contributed by atoms with Gasteiger partial charge in [0.25, 0.3) is 10.0 Å². The molecule has 0 aliphatic heterocycles. The first-order valence-electron chi connectivity index (χ1n) is 7.92. The molecule has 0 unspecified atom stereocenters. The van der Waals surface area contributed by atoms with Crippen LogP contribution in [0.5, 0.6) is 5.75 Å². The molecule has 2 N–H and O–H groups in total. The molecule has 0 amide bonds. The quantitative estimate of drug-likeness (QED) is 0.576. The van der Waals surface area contributed by atoms with Crippen LogP contribution in [0.15, 0.2) is 58.0 Å². The fourth-order valence-electron chi connectivity index (χ4n) is 2.75. The van der Waals surface area contributed by atoms with E-state index >= 15 is 0 Å². The molecule has 0 saturated heterocycles. The summed E-state index contributed by atoms with van der Waals surface area (Å²) in [5.41, 5.74) is 0.521. The number of hydrogen-bond donors (Lipinski definition) is 1. The van der Waals surface area contributed by atoms with E-state index in [0.29, 0.717) is 21.1 Å². The summed E-state index contributed by atoms with van der Waals surface area (Å²) in [4.78, 5) is 20.8. The number of nitrogens with two attached hydrogens (primary N) is 1. The molecule has 1 heterocycles. The molecule has 0 aliphatic rings. The number of rotatable bonds is 5. The van der Waals surface area contributed by atoms with Crippen LogP contribution in [-0.2, 0) is 14.9 Å². The Labute approximate surface area is 170 Å². The molecule has 10 heteroatoms. The zero-order valence-corrected chi connectivity index (χ0v) is 17.3. The molecule has 0 saturated carbocycles. The van der Waals surface area contributed by atoms with E-state index in [-0.39, 0.29) is 16.1 Å². The van der Waals surface area contributed by atoms with Crippen LogP contribution in [0.3, 0.4) is 0 Å². The van der Waals surface area contributed by atoms with Crippen molar-refractivity contribution in [2.45, 2.75) is 4.90 Å². The van der Waals surface area contributed by atoms with Crippen LogP contribution in [0.25, 0.3) is 10.9 Å². The number of anilines is 1. The highest BCUT2D eigenvalue weighted by Crippen LogP contribution is 2.35. The summed E-state index contributed by atoms with van der Waals surface area (Å²) in [6, 6.07) is 11.1. The molecule has 0 spiro atoms. The number of fused-ring (bicyclic) bond motifs is 1. The second kappa shape index (κ2) is 7.74. The van der Waals surface area contributed by atoms with Gasteiger partial charge < -0.3 is 9.57 Å². The largest absolute Gasteiger partial charge is 0.497 e. The van der Waals surface area contributed by atoms with Gasteiger partial charge in [0, 0.05) is 23.1 Å². The Morgan fingerprint density at radius 3 is 2.46 bits per heavy atom. The summed E-state index contributed by atoms with van der Waals surface area (Å²) in [5, 5.41) is 0.442. The lowest BCUT2D eigenvalue weighted by atomic mass is 10.1. The number of hydrogen-bond acceptors (Lipinski definition) is 7. The summed E-state index contributed by atoms with van der Waals surface area (Å²) < 4.78 is 33.1. The van der Waals surface area contributed by atoms with Crippen molar-refractivity contribution in [3.63, 3.8) is 0 Å². The molecule has 0 atom stereocenters. The Morgan fingerprint density at radius 2 is 1.86 bits per heavy atom. The number of para-hydroxylation sites is 1. The first-order chi connectivity index (χ1) is 13.3. The number of carbonyl (C=O) groups is 1. The van der Waals surface area contributed by atoms with Gasteiger partial charge in [0.1, 0.15) is 11.3 Å². The second-order valence-corrected chi connectivity index (χ2v) is 8.53. The lowest BCUT2D eigenvalue weighted by Crippen LogP contribution is -2.29. The van der Waals surface area contributed by atoms with Crippen molar-refractivity contribution in [1.29, 1.82) is 0 Å². The molecule has 0 bridgehead atoms. The lowest BCUT2D eigenvalue weighted by molar-refractivity contribution is 0.0504. The Kier molecular flexibility index (Phi) is 5.54. The Bertz CT molecular complexity index is 1150. The van der Waals surface area contributed by atoms with Crippen LogP contribution in [0, 0.1) is 0 Å². The topological polar surface area (TPSA) is 112 Å². The van der Waals surface area contributed by atoms with E-state index in [0.717, 1.165) is 4.31 Å². The summed E-state index contributed by atoms with van der Waals surface area (Å²) >= 11 is 3.38. The van der Waals surface area contributed by atoms with E-state index < -0.39 is 16.0 Å². The number of ether oxygens (including phenoxy) is 1. The number of aromatic nitrogens is 1. The number of methoxy groups -OCH3 is 1. The van der Waals surface area contributed by atoms with Crippen molar-refractivity contribution < 1.29 is 22.8 Å². The van der Waals surface area contributed by atoms with Crippen molar-refractivity contribution in [2.75, 3.05) is 18.5 Å². The highest BCUT2D eigenvalue weighted by molar-refractivity contribution is 9.10. The van der Waals surface area contributed by atoms with Crippen LogP contribution in [0.1, 0.15) is 10.4 Å². The maximum Gasteiger partial charge on any atom is 0.360 e. The molecule has 1 aromatic heterocycles. The number of pyridine rings is 1. The van der Waals surface area contributed by atoms with Gasteiger partial charge in [-0.25, -0.2) is 13.2 Å². The van der Waals surface area contributed by atoms with E-state index in [2.05, 4.69) is 25.8 Å². The molecule has 3 rings (SSSR count). The number of nitrogens with zero attached hydrogens (tertiary/aromatic N) is 2. The Hall–Kier alpha value is -2.69. The minimum atomic E-state index is -4.00. The number of carbonyl (C=O) groups excluding carboxylic acids is 1. The monoisotopic (exact) mass is 465 g/mol. The van der Waals surface area contributed by atoms with Gasteiger partial charge in [0.2, 0.25) is 0 Å². The molecule has 3 aromatic rings. The van der Waals surface area contributed by atoms with E-state index in [4.69, 9.17) is 10.6 Å². The molecule has 8 nitrogen and oxygen atoms in total. The van der Waals surface area contributed by atoms with Crippen LogP contribution in [0.2, 0.25) is 0 Å². The van der Waals surface area contributed by atoms with Crippen molar-refractivity contribution in [3.05, 3.63) is 58.7 Å². The van der Waals surface area contributed by atoms with Crippen LogP contribution >= 0.6 is 15.9 Å². The van der Waals surface area contributed by atoms with Crippen LogP contribution < -0.4 is 14.9 Å². The highest BCUT2D eigenvalue weighted by atomic mass is 79.9. The molecule has 28 heavy (non-hydrogen) atoms. The van der Waals surface area contributed by atoms with Crippen molar-refractivity contribution >= 4 is 48.5 Å². The third kappa shape index (κ3) is 3.41. The van der Waals surface area contributed by atoms with Gasteiger partial charge >= 0.3 is 5.97 Å². The second-order valence-electron chi connectivity index (χ2n) is 5.71. The minimum Gasteiger partial charge on any atom is -0.497 e. The molecule has 0 aliphatic carbocycles. The molecule has 0 fully saturated rings. The lowest BCUT2D eigenvalue weighted by Gasteiger charge is -2.23. The van der Waals surface area contributed by atoms with Crippen LogP contribution in [-0.4, -0.2) is 33.5 Å². The first kappa shape index (κ1) is 20.1. The van der Waals surface area contributed by atoms with Gasteiger partial charge in [-0.3, -0.25) is 9.29 Å². The predicted molar refractivity (Wildman–Crippen MR) is 108 cm³/mol. The van der Waals surface area contributed by atoms with E-state index in [9.17, 15) is 13.2 Å². The van der Waals surface area contributed by atoms with Crippen molar-refractivity contribution in [3.8, 4) is 5.75 Å². The van der Waals surface area contributed by atoms with Gasteiger partial charge in [0.15, 0.2) is 0 Å². The average Bonchev–Trinajstić information content (AvgIpc) is 2.72. The smallest absolute Gasteiger partial charge is 0.360 e. The van der Waals surface area contributed by atoms with Crippen LogP contribution in [0.4, 0.5) is 5.69 Å². The van der Waals surface area contributed by atoms with E-state index in [1.54, 1.807) is 18.2 Å². The maximum absolute atomic E-state index is 13.2. The fraction of sp³-hybridized carbons (Fsp3) is 0.111. The Balaban J connectivity index is 2.25. The maximum atomic E-state index is 13.2. The zero-order chi connectivity index (χ0) is 20.5. The molecule has 0 radical (unpaired) electrons. The van der Waals surface area contributed by atoms with E-state index in [1.807, 2.05) is 0 Å². The third-order valence-electron chi connectivity index (χ3n) is 4.18. The standard InChI is InChI=1S/C18H16BrN3O5S/c1-22(28(24,25)12-8-6-11(26-2)7-9-12)17-13-4-3-5-15(19)16(13)21-10-14(17)18(23)27-20/h3-10H,20H2,1-2H3. The normalized spacial score (nSPS) is 11.3.